The summed E-state index contributed by atoms with van der Waals surface area (Å²) in [7, 11) is 0. The lowest BCUT2D eigenvalue weighted by molar-refractivity contribution is 0.102. The van der Waals surface area contributed by atoms with Gasteiger partial charge >= 0.3 is 0 Å². The van der Waals surface area contributed by atoms with Crippen molar-refractivity contribution in [2.75, 3.05) is 11.1 Å². The lowest BCUT2D eigenvalue weighted by Gasteiger charge is -2.03. The van der Waals surface area contributed by atoms with E-state index in [1.165, 1.54) is 33.7 Å². The van der Waals surface area contributed by atoms with Gasteiger partial charge in [0.05, 0.1) is 16.8 Å². The maximum Gasteiger partial charge on any atom is 0.260 e. The highest BCUT2D eigenvalue weighted by Crippen LogP contribution is 2.37. The second-order valence-electron chi connectivity index (χ2n) is 4.02. The smallest absolute Gasteiger partial charge is 0.260 e. The second kappa shape index (κ2) is 4.53. The van der Waals surface area contributed by atoms with E-state index in [4.69, 9.17) is 17.3 Å². The number of fused-ring (bicyclic) bond motifs is 1. The maximum atomic E-state index is 12.2. The first-order valence-electron chi connectivity index (χ1n) is 5.48. The zero-order valence-corrected chi connectivity index (χ0v) is 11.7. The summed E-state index contributed by atoms with van der Waals surface area (Å²) in [6, 6.07) is 0. The Morgan fingerprint density at radius 3 is 3.00 bits per heavy atom. The van der Waals surface area contributed by atoms with Crippen LogP contribution in [-0.4, -0.2) is 10.9 Å². The summed E-state index contributed by atoms with van der Waals surface area (Å²) in [4.78, 5) is 17.5. The Labute approximate surface area is 117 Å². The quantitative estimate of drug-likeness (QED) is 0.895. The predicted octanol–water partition coefficient (Wildman–Crippen LogP) is 3.18. The van der Waals surface area contributed by atoms with E-state index in [0.29, 0.717) is 20.0 Å². The Morgan fingerprint density at radius 2 is 2.28 bits per heavy atom. The zero-order valence-electron chi connectivity index (χ0n) is 9.33. The molecule has 0 aromatic carbocycles. The Morgan fingerprint density at radius 1 is 1.44 bits per heavy atom. The molecule has 0 spiro atoms. The third-order valence-corrected chi connectivity index (χ3v) is 5.02. The summed E-state index contributed by atoms with van der Waals surface area (Å²) in [6.45, 7) is 0. The highest BCUT2D eigenvalue weighted by Gasteiger charge is 2.25. The summed E-state index contributed by atoms with van der Waals surface area (Å²) in [5.41, 5.74) is 7.66. The molecule has 1 aliphatic carbocycles. The van der Waals surface area contributed by atoms with Crippen LogP contribution in [0.15, 0.2) is 6.20 Å². The number of nitrogens with zero attached hydrogens (tertiary/aromatic N) is 1. The summed E-state index contributed by atoms with van der Waals surface area (Å²) in [5, 5.41) is 3.85. The third-order valence-electron chi connectivity index (χ3n) is 2.87. The monoisotopic (exact) mass is 299 g/mol. The van der Waals surface area contributed by atoms with Gasteiger partial charge in [-0.25, -0.2) is 4.98 Å². The molecule has 18 heavy (non-hydrogen) atoms. The fraction of sp³-hybridized carbons (Fsp3) is 0.273. The largest absolute Gasteiger partial charge is 0.390 e. The predicted molar refractivity (Wildman–Crippen MR) is 75.8 cm³/mol. The van der Waals surface area contributed by atoms with Crippen molar-refractivity contribution in [3.05, 3.63) is 26.5 Å². The minimum absolute atomic E-state index is 0.182. The van der Waals surface area contributed by atoms with E-state index in [1.807, 2.05) is 0 Å². The minimum Gasteiger partial charge on any atom is -0.390 e. The van der Waals surface area contributed by atoms with Crippen LogP contribution in [0.5, 0.6) is 0 Å². The number of nitrogens with one attached hydrogen (secondary N) is 1. The molecule has 2 aromatic heterocycles. The van der Waals surface area contributed by atoms with Crippen molar-refractivity contribution in [1.29, 1.82) is 0 Å². The van der Waals surface area contributed by atoms with Crippen LogP contribution in [0.3, 0.4) is 0 Å². The molecule has 0 bridgehead atoms. The van der Waals surface area contributed by atoms with Gasteiger partial charge in [-0.2, -0.15) is 0 Å². The van der Waals surface area contributed by atoms with E-state index in [-0.39, 0.29) is 5.91 Å². The number of amides is 1. The number of rotatable bonds is 2. The number of carbonyl (C=O) groups is 1. The number of carbonyl (C=O) groups excluding carboxylic acids is 1. The van der Waals surface area contributed by atoms with E-state index in [1.54, 1.807) is 0 Å². The highest BCUT2D eigenvalue weighted by atomic mass is 35.5. The van der Waals surface area contributed by atoms with Gasteiger partial charge < -0.3 is 5.73 Å². The van der Waals surface area contributed by atoms with Crippen LogP contribution in [0.25, 0.3) is 0 Å². The molecule has 0 radical (unpaired) electrons. The van der Waals surface area contributed by atoms with Crippen LogP contribution >= 0.6 is 34.3 Å². The third kappa shape index (κ3) is 2.00. The number of nitrogen functional groups attached to an aromatic ring is 1. The van der Waals surface area contributed by atoms with Gasteiger partial charge in [0.1, 0.15) is 4.34 Å². The molecule has 0 aliphatic heterocycles. The molecule has 3 rings (SSSR count). The van der Waals surface area contributed by atoms with Crippen LogP contribution in [0.1, 0.15) is 27.2 Å². The average Bonchev–Trinajstić information content (AvgIpc) is 2.94. The average molecular weight is 300 g/mol. The normalized spacial score (nSPS) is 13.6. The van der Waals surface area contributed by atoms with Gasteiger partial charge in [0.25, 0.3) is 5.91 Å². The van der Waals surface area contributed by atoms with Crippen molar-refractivity contribution in [2.45, 2.75) is 19.3 Å². The number of halogens is 1. The molecular weight excluding hydrogens is 290 g/mol. The molecule has 3 N–H and O–H groups in total. The number of aryl methyl sites for hydroxylation is 1. The molecule has 94 valence electrons. The van der Waals surface area contributed by atoms with Gasteiger partial charge in [-0.1, -0.05) is 22.9 Å². The topological polar surface area (TPSA) is 68.0 Å². The van der Waals surface area contributed by atoms with Gasteiger partial charge in [0, 0.05) is 4.88 Å². The van der Waals surface area contributed by atoms with Crippen molar-refractivity contribution >= 4 is 50.3 Å². The van der Waals surface area contributed by atoms with Crippen LogP contribution in [-0.2, 0) is 12.8 Å². The van der Waals surface area contributed by atoms with Gasteiger partial charge in [-0.15, -0.1) is 11.3 Å². The highest BCUT2D eigenvalue weighted by molar-refractivity contribution is 7.19. The summed E-state index contributed by atoms with van der Waals surface area (Å²) in [5.74, 6) is -0.182. The molecule has 2 aromatic rings. The molecule has 0 saturated carbocycles. The number of aromatic nitrogens is 1. The summed E-state index contributed by atoms with van der Waals surface area (Å²) in [6.07, 6.45) is 4.58. The van der Waals surface area contributed by atoms with Crippen molar-refractivity contribution in [2.24, 2.45) is 0 Å². The van der Waals surface area contributed by atoms with Crippen molar-refractivity contribution in [3.8, 4) is 0 Å². The van der Waals surface area contributed by atoms with Crippen LogP contribution in [0.4, 0.5) is 10.1 Å². The first kappa shape index (κ1) is 12.0. The fourth-order valence-electron chi connectivity index (χ4n) is 2.15. The Kier molecular flexibility index (Phi) is 3.01. The Bertz CT molecular complexity index is 620. The summed E-state index contributed by atoms with van der Waals surface area (Å²) < 4.78 is 0.550. The Balaban J connectivity index is 1.89. The SMILES string of the molecule is Nc1sc2c(c1C(=O)Nc1ncc(Cl)s1)CCC2. The van der Waals surface area contributed by atoms with Crippen LogP contribution in [0.2, 0.25) is 4.34 Å². The van der Waals surface area contributed by atoms with Gasteiger partial charge in [0.2, 0.25) is 0 Å². The second-order valence-corrected chi connectivity index (χ2v) is 6.82. The van der Waals surface area contributed by atoms with Gasteiger partial charge in [-0.05, 0) is 24.8 Å². The van der Waals surface area contributed by atoms with Gasteiger partial charge in [-0.3, -0.25) is 10.1 Å². The van der Waals surface area contributed by atoms with Crippen molar-refractivity contribution in [3.63, 3.8) is 0 Å². The maximum absolute atomic E-state index is 12.2. The van der Waals surface area contributed by atoms with Gasteiger partial charge in [0.15, 0.2) is 5.13 Å². The Hall–Kier alpha value is -1.11. The van der Waals surface area contributed by atoms with Crippen molar-refractivity contribution < 1.29 is 4.79 Å². The van der Waals surface area contributed by atoms with E-state index in [0.717, 1.165) is 24.8 Å². The fourth-order valence-corrected chi connectivity index (χ4v) is 4.11. The molecule has 4 nitrogen and oxygen atoms in total. The van der Waals surface area contributed by atoms with E-state index < -0.39 is 0 Å². The molecule has 0 fully saturated rings. The van der Waals surface area contributed by atoms with E-state index in [2.05, 4.69) is 10.3 Å². The molecule has 7 heteroatoms. The van der Waals surface area contributed by atoms with E-state index >= 15 is 0 Å². The first-order chi connectivity index (χ1) is 8.65. The first-order valence-corrected chi connectivity index (χ1v) is 7.49. The lowest BCUT2D eigenvalue weighted by atomic mass is 10.1. The number of hydrogen-bond acceptors (Lipinski definition) is 5. The molecule has 1 aliphatic rings. The number of thiazole rings is 1. The van der Waals surface area contributed by atoms with E-state index in [9.17, 15) is 4.79 Å². The molecule has 0 atom stereocenters. The number of hydrogen-bond donors (Lipinski definition) is 2. The molecule has 0 unspecified atom stereocenters. The minimum atomic E-state index is -0.182. The molecule has 0 saturated heterocycles. The van der Waals surface area contributed by atoms with Crippen molar-refractivity contribution in [1.82, 2.24) is 4.98 Å². The standard InChI is InChI=1S/C11H10ClN3OS2/c12-7-4-14-11(18-7)15-10(16)8-5-2-1-3-6(5)17-9(8)13/h4H,1-3,13H2,(H,14,15,16). The van der Waals surface area contributed by atoms with Crippen LogP contribution in [0, 0.1) is 0 Å². The molecule has 1 amide bonds. The number of anilines is 2. The summed E-state index contributed by atoms with van der Waals surface area (Å²) >= 11 is 8.53. The molecule has 2 heterocycles. The lowest BCUT2D eigenvalue weighted by Crippen LogP contribution is -2.14. The van der Waals surface area contributed by atoms with Crippen LogP contribution < -0.4 is 11.1 Å². The zero-order chi connectivity index (χ0) is 12.7. The number of nitrogens with two attached hydrogens (primary N) is 1. The number of thiophene rings is 1. The molecular formula is C11H10ClN3OS2.